The lowest BCUT2D eigenvalue weighted by Crippen LogP contribution is -2.32. The summed E-state index contributed by atoms with van der Waals surface area (Å²) in [5.74, 6) is 0. The highest BCUT2D eigenvalue weighted by Crippen LogP contribution is 2.18. The molecule has 0 bridgehead atoms. The van der Waals surface area contributed by atoms with Gasteiger partial charge in [-0.3, -0.25) is 4.79 Å². The van der Waals surface area contributed by atoms with E-state index in [9.17, 15) is 18.0 Å². The molecule has 102 valence electrons. The third kappa shape index (κ3) is 4.19. The highest BCUT2D eigenvalue weighted by Gasteiger charge is 2.29. The van der Waals surface area contributed by atoms with Crippen LogP contribution in [0.4, 0.5) is 18.9 Å². The van der Waals surface area contributed by atoms with E-state index < -0.39 is 18.3 Å². The van der Waals surface area contributed by atoms with Crippen molar-refractivity contribution in [2.75, 3.05) is 11.9 Å². The van der Waals surface area contributed by atoms with E-state index in [-0.39, 0.29) is 21.4 Å². The number of hydrogen-bond acceptors (Lipinski definition) is 4. The van der Waals surface area contributed by atoms with Crippen LogP contribution in [-0.4, -0.2) is 28.5 Å². The van der Waals surface area contributed by atoms with Crippen LogP contribution in [0.2, 0.25) is 5.02 Å². The molecule has 1 aromatic heterocycles. The molecule has 0 aromatic carbocycles. The zero-order valence-electron chi connectivity index (χ0n) is 9.46. The summed E-state index contributed by atoms with van der Waals surface area (Å²) in [5, 5.41) is 5.79. The smallest absolute Gasteiger partial charge is 0.381 e. The second-order valence-corrected chi connectivity index (χ2v) is 4.19. The number of rotatable bonds is 4. The van der Waals surface area contributed by atoms with Gasteiger partial charge in [0, 0.05) is 12.6 Å². The van der Waals surface area contributed by atoms with Crippen LogP contribution >= 0.6 is 11.6 Å². The predicted octanol–water partition coefficient (Wildman–Crippen LogP) is 1.22. The maximum Gasteiger partial charge on any atom is 0.408 e. The highest BCUT2D eigenvalue weighted by atomic mass is 35.5. The van der Waals surface area contributed by atoms with Crippen molar-refractivity contribution < 1.29 is 13.2 Å². The molecule has 1 heterocycles. The Hall–Kier alpha value is -1.28. The third-order valence-electron chi connectivity index (χ3n) is 1.93. The lowest BCUT2D eigenvalue weighted by Gasteiger charge is -2.12. The highest BCUT2D eigenvalue weighted by molar-refractivity contribution is 6.32. The normalized spacial score (nSPS) is 13.4. The molecule has 1 atom stereocenters. The molecule has 0 spiro atoms. The molecule has 0 aliphatic heterocycles. The fourth-order valence-corrected chi connectivity index (χ4v) is 1.35. The first kappa shape index (κ1) is 14.8. The van der Waals surface area contributed by atoms with E-state index in [0.29, 0.717) is 6.54 Å². The van der Waals surface area contributed by atoms with Crippen LogP contribution in [0.15, 0.2) is 11.0 Å². The molecule has 3 N–H and O–H groups in total. The van der Waals surface area contributed by atoms with Crippen molar-refractivity contribution in [1.29, 1.82) is 0 Å². The fraction of sp³-hybridized carbons (Fsp3) is 0.556. The lowest BCUT2D eigenvalue weighted by molar-refractivity contribution is -0.143. The zero-order valence-corrected chi connectivity index (χ0v) is 10.2. The van der Waals surface area contributed by atoms with Crippen LogP contribution in [0.25, 0.3) is 0 Å². The van der Waals surface area contributed by atoms with E-state index in [4.69, 9.17) is 17.3 Å². The average Bonchev–Trinajstić information content (AvgIpc) is 2.22. The second-order valence-electron chi connectivity index (χ2n) is 3.81. The molecule has 0 saturated heterocycles. The average molecular weight is 285 g/mol. The summed E-state index contributed by atoms with van der Waals surface area (Å²) in [7, 11) is 0. The molecule has 1 rings (SSSR count). The molecule has 1 unspecified atom stereocenters. The van der Waals surface area contributed by atoms with Crippen LogP contribution in [0.3, 0.4) is 0 Å². The molecular weight excluding hydrogens is 273 g/mol. The molecular formula is C9H12ClF3N4O. The Balaban J connectivity index is 2.95. The van der Waals surface area contributed by atoms with Crippen molar-refractivity contribution in [2.45, 2.75) is 25.7 Å². The molecule has 0 fully saturated rings. The molecule has 5 nitrogen and oxygen atoms in total. The van der Waals surface area contributed by atoms with Crippen molar-refractivity contribution in [3.63, 3.8) is 0 Å². The number of nitrogens with zero attached hydrogens (tertiary/aromatic N) is 2. The topological polar surface area (TPSA) is 72.9 Å². The number of alkyl halides is 3. The van der Waals surface area contributed by atoms with Crippen molar-refractivity contribution in [2.24, 2.45) is 5.73 Å². The zero-order chi connectivity index (χ0) is 13.9. The summed E-state index contributed by atoms with van der Waals surface area (Å²) in [6.07, 6.45) is -3.46. The van der Waals surface area contributed by atoms with Gasteiger partial charge in [-0.05, 0) is 6.92 Å². The van der Waals surface area contributed by atoms with Gasteiger partial charge in [-0.25, -0.2) is 4.68 Å². The molecule has 18 heavy (non-hydrogen) atoms. The summed E-state index contributed by atoms with van der Waals surface area (Å²) in [6, 6.07) is -0.196. The summed E-state index contributed by atoms with van der Waals surface area (Å²) in [6.45, 7) is 0.572. The van der Waals surface area contributed by atoms with Gasteiger partial charge in [0.1, 0.15) is 11.6 Å². The van der Waals surface area contributed by atoms with Gasteiger partial charge in [-0.15, -0.1) is 0 Å². The standard InChI is InChI=1S/C9H12ClF3N4O/c1-5(14)2-15-6-3-16-17(4-9(11,12)13)8(18)7(6)10/h3,5,15H,2,4,14H2,1H3. The maximum atomic E-state index is 12.1. The predicted molar refractivity (Wildman–Crippen MR) is 61.7 cm³/mol. The number of anilines is 1. The third-order valence-corrected chi connectivity index (χ3v) is 2.29. The summed E-state index contributed by atoms with van der Waals surface area (Å²) in [5.41, 5.74) is 4.65. The Morgan fingerprint density at radius 1 is 1.61 bits per heavy atom. The van der Waals surface area contributed by atoms with Crippen LogP contribution in [0.5, 0.6) is 0 Å². The monoisotopic (exact) mass is 284 g/mol. The summed E-state index contributed by atoms with van der Waals surface area (Å²) < 4.78 is 36.7. The molecule has 0 aliphatic carbocycles. The Morgan fingerprint density at radius 3 is 2.72 bits per heavy atom. The van der Waals surface area contributed by atoms with Crippen molar-refractivity contribution in [1.82, 2.24) is 9.78 Å². The molecule has 9 heteroatoms. The van der Waals surface area contributed by atoms with Gasteiger partial charge in [0.05, 0.1) is 11.9 Å². The van der Waals surface area contributed by atoms with Gasteiger partial charge in [0.2, 0.25) is 0 Å². The Bertz CT molecular complexity index is 472. The van der Waals surface area contributed by atoms with Crippen molar-refractivity contribution in [3.05, 3.63) is 21.6 Å². The number of nitrogens with one attached hydrogen (secondary N) is 1. The van der Waals surface area contributed by atoms with Gasteiger partial charge in [0.15, 0.2) is 0 Å². The van der Waals surface area contributed by atoms with E-state index in [1.165, 1.54) is 0 Å². The van der Waals surface area contributed by atoms with E-state index in [2.05, 4.69) is 10.4 Å². The Kier molecular flexibility index (Phi) is 4.58. The summed E-state index contributed by atoms with van der Waals surface area (Å²) in [4.78, 5) is 11.5. The Morgan fingerprint density at radius 2 is 2.22 bits per heavy atom. The fourth-order valence-electron chi connectivity index (χ4n) is 1.14. The molecule has 0 aliphatic rings. The van der Waals surface area contributed by atoms with Crippen molar-refractivity contribution >= 4 is 17.3 Å². The minimum absolute atomic E-state index is 0.164. The van der Waals surface area contributed by atoms with Gasteiger partial charge < -0.3 is 11.1 Å². The largest absolute Gasteiger partial charge is 0.408 e. The SMILES string of the molecule is CC(N)CNc1cnn(CC(F)(F)F)c(=O)c1Cl. The Labute approximate surface area is 106 Å². The second kappa shape index (κ2) is 5.57. The van der Waals surface area contributed by atoms with E-state index in [1.807, 2.05) is 0 Å². The van der Waals surface area contributed by atoms with Crippen LogP contribution in [0.1, 0.15) is 6.92 Å². The first-order chi connectivity index (χ1) is 8.20. The first-order valence-corrected chi connectivity index (χ1v) is 5.40. The molecule has 1 aromatic rings. The van der Waals surface area contributed by atoms with Crippen LogP contribution in [-0.2, 0) is 6.54 Å². The number of hydrogen-bond donors (Lipinski definition) is 2. The van der Waals surface area contributed by atoms with Gasteiger partial charge in [-0.1, -0.05) is 11.6 Å². The van der Waals surface area contributed by atoms with Gasteiger partial charge in [-0.2, -0.15) is 18.3 Å². The number of nitrogens with two attached hydrogens (primary N) is 1. The minimum Gasteiger partial charge on any atom is -0.381 e. The van der Waals surface area contributed by atoms with Crippen molar-refractivity contribution in [3.8, 4) is 0 Å². The maximum absolute atomic E-state index is 12.1. The molecule has 0 amide bonds. The lowest BCUT2D eigenvalue weighted by atomic mass is 10.3. The van der Waals surface area contributed by atoms with E-state index in [0.717, 1.165) is 6.20 Å². The summed E-state index contributed by atoms with van der Waals surface area (Å²) >= 11 is 5.67. The van der Waals surface area contributed by atoms with E-state index >= 15 is 0 Å². The van der Waals surface area contributed by atoms with Gasteiger partial charge >= 0.3 is 6.18 Å². The first-order valence-electron chi connectivity index (χ1n) is 5.02. The van der Waals surface area contributed by atoms with Crippen LogP contribution < -0.4 is 16.6 Å². The van der Waals surface area contributed by atoms with E-state index in [1.54, 1.807) is 6.92 Å². The van der Waals surface area contributed by atoms with Crippen LogP contribution in [0, 0.1) is 0 Å². The molecule has 0 saturated carbocycles. The minimum atomic E-state index is -4.53. The molecule has 0 radical (unpaired) electrons. The van der Waals surface area contributed by atoms with Gasteiger partial charge in [0.25, 0.3) is 5.56 Å². The quantitative estimate of drug-likeness (QED) is 0.872. The number of aromatic nitrogens is 2. The number of halogens is 4.